The maximum Gasteiger partial charge on any atom is 0.137 e. The lowest BCUT2D eigenvalue weighted by Crippen LogP contribution is -2.33. The monoisotopic (exact) mass is 328 g/mol. The van der Waals surface area contributed by atoms with Crippen LogP contribution in [0.25, 0.3) is 11.0 Å². The van der Waals surface area contributed by atoms with Crippen LogP contribution < -0.4 is 0 Å². The van der Waals surface area contributed by atoms with Gasteiger partial charge in [-0.25, -0.2) is 14.4 Å². The van der Waals surface area contributed by atoms with Crippen LogP contribution in [0.5, 0.6) is 0 Å². The highest BCUT2D eigenvalue weighted by Crippen LogP contribution is 2.24. The molecule has 0 aliphatic carbocycles. The van der Waals surface area contributed by atoms with Gasteiger partial charge in [-0.2, -0.15) is 5.10 Å². The van der Waals surface area contributed by atoms with E-state index in [4.69, 9.17) is 0 Å². The number of nitrogens with zero attached hydrogens (tertiary/aromatic N) is 6. The third-order valence-electron chi connectivity index (χ3n) is 4.81. The molecule has 3 aromatic rings. The van der Waals surface area contributed by atoms with E-state index in [9.17, 15) is 4.39 Å². The van der Waals surface area contributed by atoms with Gasteiger partial charge in [-0.1, -0.05) is 0 Å². The SMILES string of the molecule is CCn1c(CN2CCC[C@@H]2Cn2cncn2)nc2cc(F)ccc21. The van der Waals surface area contributed by atoms with Gasteiger partial charge in [0.1, 0.15) is 24.3 Å². The highest BCUT2D eigenvalue weighted by atomic mass is 19.1. The van der Waals surface area contributed by atoms with E-state index in [1.54, 1.807) is 12.7 Å². The molecule has 1 saturated heterocycles. The Morgan fingerprint density at radius 1 is 1.33 bits per heavy atom. The number of hydrogen-bond acceptors (Lipinski definition) is 4. The van der Waals surface area contributed by atoms with Crippen LogP contribution in [-0.4, -0.2) is 41.8 Å². The van der Waals surface area contributed by atoms with Gasteiger partial charge < -0.3 is 4.57 Å². The fourth-order valence-electron chi connectivity index (χ4n) is 3.66. The zero-order valence-electron chi connectivity index (χ0n) is 13.8. The number of benzene rings is 1. The van der Waals surface area contributed by atoms with Gasteiger partial charge >= 0.3 is 0 Å². The average molecular weight is 328 g/mol. The predicted octanol–water partition coefficient (Wildman–Crippen LogP) is 2.45. The molecule has 6 nitrogen and oxygen atoms in total. The molecule has 0 amide bonds. The number of hydrogen-bond donors (Lipinski definition) is 0. The normalized spacial score (nSPS) is 18.7. The molecule has 1 aliphatic rings. The van der Waals surface area contributed by atoms with Crippen LogP contribution >= 0.6 is 0 Å². The van der Waals surface area contributed by atoms with Crippen molar-refractivity contribution in [1.82, 2.24) is 29.2 Å². The van der Waals surface area contributed by atoms with Crippen LogP contribution in [0.15, 0.2) is 30.9 Å². The molecule has 0 saturated carbocycles. The standard InChI is InChI=1S/C17H21FN6/c1-2-24-16-6-5-13(18)8-15(16)21-17(24)10-22-7-3-4-14(22)9-23-12-19-11-20-23/h5-6,8,11-12,14H,2-4,7,9-10H2,1H3/t14-/m1/s1. The van der Waals surface area contributed by atoms with Crippen LogP contribution in [0.3, 0.4) is 0 Å². The van der Waals surface area contributed by atoms with E-state index in [0.29, 0.717) is 6.04 Å². The Balaban J connectivity index is 1.58. The quantitative estimate of drug-likeness (QED) is 0.722. The molecule has 1 atom stereocenters. The molecule has 0 spiro atoms. The van der Waals surface area contributed by atoms with Gasteiger partial charge in [0, 0.05) is 18.7 Å². The number of rotatable bonds is 5. The lowest BCUT2D eigenvalue weighted by atomic mass is 10.2. The summed E-state index contributed by atoms with van der Waals surface area (Å²) in [7, 11) is 0. The first-order valence-electron chi connectivity index (χ1n) is 8.45. The van der Waals surface area contributed by atoms with Crippen LogP contribution in [0.4, 0.5) is 4.39 Å². The Morgan fingerprint density at radius 3 is 3.04 bits per heavy atom. The summed E-state index contributed by atoms with van der Waals surface area (Å²) in [5.74, 6) is 0.767. The van der Waals surface area contributed by atoms with Gasteiger partial charge in [0.05, 0.1) is 24.1 Å². The van der Waals surface area contributed by atoms with Crippen molar-refractivity contribution in [3.05, 3.63) is 42.5 Å². The summed E-state index contributed by atoms with van der Waals surface area (Å²) in [6, 6.07) is 5.28. The number of aromatic nitrogens is 5. The first-order chi connectivity index (χ1) is 11.7. The van der Waals surface area contributed by atoms with Crippen molar-refractivity contribution in [3.63, 3.8) is 0 Å². The van der Waals surface area contributed by atoms with Crippen molar-refractivity contribution in [3.8, 4) is 0 Å². The zero-order valence-corrected chi connectivity index (χ0v) is 13.8. The van der Waals surface area contributed by atoms with Gasteiger partial charge in [-0.05, 0) is 38.4 Å². The van der Waals surface area contributed by atoms with E-state index in [1.807, 2.05) is 10.7 Å². The van der Waals surface area contributed by atoms with Crippen LogP contribution in [-0.2, 0) is 19.6 Å². The highest BCUT2D eigenvalue weighted by molar-refractivity contribution is 5.76. The molecule has 1 aliphatic heterocycles. The summed E-state index contributed by atoms with van der Waals surface area (Å²) in [6.07, 6.45) is 5.67. The average Bonchev–Trinajstić information content (AvgIpc) is 3.28. The molecule has 0 unspecified atom stereocenters. The molecule has 1 aromatic carbocycles. The van der Waals surface area contributed by atoms with Gasteiger partial charge in [0.2, 0.25) is 0 Å². The number of aryl methyl sites for hydroxylation is 1. The first kappa shape index (κ1) is 15.3. The van der Waals surface area contributed by atoms with E-state index in [2.05, 4.69) is 31.5 Å². The van der Waals surface area contributed by atoms with Gasteiger partial charge in [-0.3, -0.25) is 9.58 Å². The molecule has 0 bridgehead atoms. The molecule has 2 aromatic heterocycles. The molecule has 4 rings (SSSR count). The number of imidazole rings is 1. The Hall–Kier alpha value is -2.28. The summed E-state index contributed by atoms with van der Waals surface area (Å²) < 4.78 is 17.6. The number of fused-ring (bicyclic) bond motifs is 1. The summed E-state index contributed by atoms with van der Waals surface area (Å²) in [5.41, 5.74) is 1.74. The van der Waals surface area contributed by atoms with Crippen molar-refractivity contribution in [2.45, 2.75) is 45.4 Å². The van der Waals surface area contributed by atoms with Crippen molar-refractivity contribution in [2.75, 3.05) is 6.54 Å². The molecular weight excluding hydrogens is 307 g/mol. The largest absolute Gasteiger partial charge is 0.327 e. The molecule has 126 valence electrons. The minimum Gasteiger partial charge on any atom is -0.327 e. The van der Waals surface area contributed by atoms with E-state index < -0.39 is 0 Å². The molecule has 7 heteroatoms. The van der Waals surface area contributed by atoms with Crippen molar-refractivity contribution in [1.29, 1.82) is 0 Å². The third-order valence-corrected chi connectivity index (χ3v) is 4.81. The number of likely N-dealkylation sites (tertiary alicyclic amines) is 1. The molecule has 1 fully saturated rings. The summed E-state index contributed by atoms with van der Waals surface area (Å²) >= 11 is 0. The number of halogens is 1. The lowest BCUT2D eigenvalue weighted by molar-refractivity contribution is 0.212. The summed E-state index contributed by atoms with van der Waals surface area (Å²) in [6.45, 7) is 5.62. The maximum atomic E-state index is 13.5. The molecular formula is C17H21FN6. The topological polar surface area (TPSA) is 51.8 Å². The fourth-order valence-corrected chi connectivity index (χ4v) is 3.66. The summed E-state index contributed by atoms with van der Waals surface area (Å²) in [4.78, 5) is 11.2. The van der Waals surface area contributed by atoms with Crippen molar-refractivity contribution >= 4 is 11.0 Å². The van der Waals surface area contributed by atoms with E-state index in [0.717, 1.165) is 49.5 Å². The van der Waals surface area contributed by atoms with E-state index in [-0.39, 0.29) is 5.82 Å². The minimum atomic E-state index is -0.236. The second kappa shape index (κ2) is 6.32. The van der Waals surface area contributed by atoms with Gasteiger partial charge in [0.25, 0.3) is 0 Å². The second-order valence-electron chi connectivity index (χ2n) is 6.29. The van der Waals surface area contributed by atoms with Crippen LogP contribution in [0, 0.1) is 5.82 Å². The zero-order chi connectivity index (χ0) is 16.5. The lowest BCUT2D eigenvalue weighted by Gasteiger charge is -2.24. The Kier molecular flexibility index (Phi) is 4.02. The van der Waals surface area contributed by atoms with E-state index >= 15 is 0 Å². The second-order valence-corrected chi connectivity index (χ2v) is 6.29. The molecule has 24 heavy (non-hydrogen) atoms. The highest BCUT2D eigenvalue weighted by Gasteiger charge is 2.26. The smallest absolute Gasteiger partial charge is 0.137 e. The third kappa shape index (κ3) is 2.80. The predicted molar refractivity (Wildman–Crippen MR) is 88.8 cm³/mol. The van der Waals surface area contributed by atoms with Crippen LogP contribution in [0.2, 0.25) is 0 Å². The van der Waals surface area contributed by atoms with Gasteiger partial charge in [0.15, 0.2) is 0 Å². The molecule has 3 heterocycles. The fraction of sp³-hybridized carbons (Fsp3) is 0.471. The van der Waals surface area contributed by atoms with Crippen molar-refractivity contribution < 1.29 is 4.39 Å². The molecule has 0 radical (unpaired) electrons. The van der Waals surface area contributed by atoms with Gasteiger partial charge in [-0.15, -0.1) is 0 Å². The first-order valence-corrected chi connectivity index (χ1v) is 8.45. The molecule has 0 N–H and O–H groups in total. The Morgan fingerprint density at radius 2 is 2.25 bits per heavy atom. The van der Waals surface area contributed by atoms with Crippen LogP contribution in [0.1, 0.15) is 25.6 Å². The van der Waals surface area contributed by atoms with Crippen molar-refractivity contribution in [2.24, 2.45) is 0 Å². The maximum absolute atomic E-state index is 13.5. The van der Waals surface area contributed by atoms with E-state index in [1.165, 1.54) is 18.6 Å². The Labute approximate surface area is 139 Å². The Bertz CT molecular complexity index is 825. The minimum absolute atomic E-state index is 0.236. The summed E-state index contributed by atoms with van der Waals surface area (Å²) in [5, 5.41) is 4.22.